The van der Waals surface area contributed by atoms with E-state index in [0.717, 1.165) is 42.7 Å². The molecule has 2 N–H and O–H groups in total. The van der Waals surface area contributed by atoms with Gasteiger partial charge in [0, 0.05) is 13.1 Å². The lowest BCUT2D eigenvalue weighted by atomic mass is 10.4. The molecule has 1 aromatic rings. The summed E-state index contributed by atoms with van der Waals surface area (Å²) in [5.41, 5.74) is 0.933. The largest absolute Gasteiger partial charge is 0.444 e. The van der Waals surface area contributed by atoms with Crippen LogP contribution in [-0.2, 0) is 6.54 Å². The Morgan fingerprint density at radius 1 is 1.35 bits per heavy atom. The van der Waals surface area contributed by atoms with Gasteiger partial charge in [0.2, 0.25) is 5.89 Å². The van der Waals surface area contributed by atoms with E-state index in [1.54, 1.807) is 0 Å². The molecule has 0 spiro atoms. The Hall–Kier alpha value is -0.440. The van der Waals surface area contributed by atoms with E-state index in [-0.39, 0.29) is 24.0 Å². The Labute approximate surface area is 142 Å². The molecule has 0 radical (unpaired) electrons. The Morgan fingerprint density at radius 3 is 2.65 bits per heavy atom. The minimum Gasteiger partial charge on any atom is -0.444 e. The Bertz CT molecular complexity index is 390. The summed E-state index contributed by atoms with van der Waals surface area (Å²) in [5.74, 6) is 3.50. The molecule has 1 aromatic heterocycles. The van der Waals surface area contributed by atoms with Gasteiger partial charge in [-0.1, -0.05) is 0 Å². The fourth-order valence-corrected chi connectivity index (χ4v) is 1.95. The molecule has 0 aromatic carbocycles. The van der Waals surface area contributed by atoms with E-state index in [9.17, 15) is 0 Å². The second-order valence-corrected chi connectivity index (χ2v) is 5.20. The number of rotatable bonds is 7. The van der Waals surface area contributed by atoms with Crippen molar-refractivity contribution in [2.45, 2.75) is 33.7 Å². The summed E-state index contributed by atoms with van der Waals surface area (Å²) in [7, 11) is 0. The number of hydrogen-bond acceptors (Lipinski definition) is 4. The quantitative estimate of drug-likeness (QED) is 0.312. The van der Waals surface area contributed by atoms with Gasteiger partial charge in [-0.2, -0.15) is 11.8 Å². The van der Waals surface area contributed by atoms with Gasteiger partial charge in [0.1, 0.15) is 12.3 Å². The fraction of sp³-hybridized carbons (Fsp3) is 0.692. The van der Waals surface area contributed by atoms with Gasteiger partial charge >= 0.3 is 0 Å². The van der Waals surface area contributed by atoms with Crippen LogP contribution in [0.4, 0.5) is 0 Å². The van der Waals surface area contributed by atoms with Gasteiger partial charge in [-0.3, -0.25) is 0 Å². The number of aromatic nitrogens is 1. The summed E-state index contributed by atoms with van der Waals surface area (Å²) in [5, 5.41) is 6.52. The molecule has 20 heavy (non-hydrogen) atoms. The van der Waals surface area contributed by atoms with Gasteiger partial charge < -0.3 is 15.1 Å². The van der Waals surface area contributed by atoms with Crippen molar-refractivity contribution in [3.05, 3.63) is 17.3 Å². The highest BCUT2D eigenvalue weighted by Gasteiger charge is 2.05. The molecule has 0 atom stereocenters. The maximum absolute atomic E-state index is 5.51. The minimum atomic E-state index is 0. The van der Waals surface area contributed by atoms with Gasteiger partial charge in [-0.05, 0) is 39.2 Å². The summed E-state index contributed by atoms with van der Waals surface area (Å²) < 4.78 is 5.51. The van der Waals surface area contributed by atoms with Crippen molar-refractivity contribution in [1.82, 2.24) is 15.6 Å². The zero-order valence-electron chi connectivity index (χ0n) is 12.7. The third kappa shape index (κ3) is 7.37. The molecule has 116 valence electrons. The Morgan fingerprint density at radius 2 is 2.10 bits per heavy atom. The molecule has 5 nitrogen and oxygen atoms in total. The number of hydrogen-bond donors (Lipinski definition) is 2. The van der Waals surface area contributed by atoms with Crippen LogP contribution in [-0.4, -0.2) is 36.0 Å². The first kappa shape index (κ1) is 19.6. The molecule has 7 heteroatoms. The van der Waals surface area contributed by atoms with Gasteiger partial charge in [-0.25, -0.2) is 9.98 Å². The Kier molecular flexibility index (Phi) is 11.0. The maximum Gasteiger partial charge on any atom is 0.216 e. The molecular formula is C13H25IN4OS. The van der Waals surface area contributed by atoms with Gasteiger partial charge in [0.25, 0.3) is 0 Å². The second kappa shape index (κ2) is 11.2. The van der Waals surface area contributed by atoms with E-state index in [1.165, 1.54) is 0 Å². The molecule has 0 bridgehead atoms. The van der Waals surface area contributed by atoms with Crippen LogP contribution in [0.3, 0.4) is 0 Å². The van der Waals surface area contributed by atoms with Crippen molar-refractivity contribution in [3.63, 3.8) is 0 Å². The minimum absolute atomic E-state index is 0. The number of nitrogens with zero attached hydrogens (tertiary/aromatic N) is 2. The summed E-state index contributed by atoms with van der Waals surface area (Å²) in [6.45, 7) is 8.15. The van der Waals surface area contributed by atoms with E-state index in [2.05, 4.69) is 33.8 Å². The zero-order chi connectivity index (χ0) is 14.1. The number of oxazole rings is 1. The van der Waals surface area contributed by atoms with Crippen LogP contribution in [0, 0.1) is 13.8 Å². The molecule has 0 aliphatic carbocycles. The molecular weight excluding hydrogens is 387 g/mol. The molecule has 0 amide bonds. The van der Waals surface area contributed by atoms with E-state index in [4.69, 9.17) is 4.42 Å². The van der Waals surface area contributed by atoms with Gasteiger partial charge in [0.05, 0.1) is 5.69 Å². The lowest BCUT2D eigenvalue weighted by Crippen LogP contribution is -2.37. The molecule has 0 aliphatic heterocycles. The first-order valence-electron chi connectivity index (χ1n) is 6.61. The van der Waals surface area contributed by atoms with Crippen LogP contribution in [0.1, 0.15) is 30.7 Å². The van der Waals surface area contributed by atoms with Crippen molar-refractivity contribution in [2.75, 3.05) is 25.1 Å². The predicted octanol–water partition coefficient (Wildman–Crippen LogP) is 2.72. The summed E-state index contributed by atoms with van der Waals surface area (Å²) in [4.78, 5) is 8.79. The average molecular weight is 412 g/mol. The van der Waals surface area contributed by atoms with E-state index < -0.39 is 0 Å². The van der Waals surface area contributed by atoms with Crippen molar-refractivity contribution < 1.29 is 4.42 Å². The highest BCUT2D eigenvalue weighted by molar-refractivity contribution is 14.0. The fourth-order valence-electron chi connectivity index (χ4n) is 1.52. The zero-order valence-corrected chi connectivity index (χ0v) is 15.8. The monoisotopic (exact) mass is 412 g/mol. The normalized spacial score (nSPS) is 11.1. The molecule has 1 rings (SSSR count). The van der Waals surface area contributed by atoms with E-state index in [1.807, 2.05) is 25.6 Å². The summed E-state index contributed by atoms with van der Waals surface area (Å²) >= 11 is 1.86. The molecule has 0 saturated carbocycles. The van der Waals surface area contributed by atoms with Crippen molar-refractivity contribution in [1.29, 1.82) is 0 Å². The molecule has 0 unspecified atom stereocenters. The first-order chi connectivity index (χ1) is 9.17. The van der Waals surface area contributed by atoms with E-state index in [0.29, 0.717) is 12.4 Å². The van der Waals surface area contributed by atoms with Crippen molar-refractivity contribution in [3.8, 4) is 0 Å². The summed E-state index contributed by atoms with van der Waals surface area (Å²) in [6.07, 6.45) is 3.25. The SMILES string of the molecule is CCNC(=NCc1nc(C)c(C)o1)NCCCSC.I. The molecule has 0 fully saturated rings. The van der Waals surface area contributed by atoms with Gasteiger partial charge in [0.15, 0.2) is 5.96 Å². The van der Waals surface area contributed by atoms with Crippen molar-refractivity contribution >= 4 is 41.7 Å². The highest BCUT2D eigenvalue weighted by atomic mass is 127. The van der Waals surface area contributed by atoms with Gasteiger partial charge in [-0.15, -0.1) is 24.0 Å². The number of nitrogens with one attached hydrogen (secondary N) is 2. The first-order valence-corrected chi connectivity index (χ1v) is 8.00. The maximum atomic E-state index is 5.51. The van der Waals surface area contributed by atoms with Crippen molar-refractivity contribution in [2.24, 2.45) is 4.99 Å². The molecule has 0 aliphatic rings. The standard InChI is InChI=1S/C13H24N4OS.HI/c1-5-14-13(15-7-6-8-19-4)16-9-12-17-10(2)11(3)18-12;/h5-9H2,1-4H3,(H2,14,15,16);1H. The van der Waals surface area contributed by atoms with Crippen LogP contribution in [0.25, 0.3) is 0 Å². The van der Waals surface area contributed by atoms with Crippen LogP contribution in [0.15, 0.2) is 9.41 Å². The number of aliphatic imine (C=N–C) groups is 1. The van der Waals surface area contributed by atoms with Crippen LogP contribution in [0.5, 0.6) is 0 Å². The molecule has 1 heterocycles. The lowest BCUT2D eigenvalue weighted by Gasteiger charge is -2.10. The highest BCUT2D eigenvalue weighted by Crippen LogP contribution is 2.08. The number of aryl methyl sites for hydroxylation is 2. The number of thioether (sulfide) groups is 1. The summed E-state index contributed by atoms with van der Waals surface area (Å²) in [6, 6.07) is 0. The van der Waals surface area contributed by atoms with Crippen LogP contribution < -0.4 is 10.6 Å². The second-order valence-electron chi connectivity index (χ2n) is 4.22. The average Bonchev–Trinajstić information content (AvgIpc) is 2.71. The lowest BCUT2D eigenvalue weighted by molar-refractivity contribution is 0.473. The van der Waals surface area contributed by atoms with Crippen LogP contribution >= 0.6 is 35.7 Å². The number of halogens is 1. The third-order valence-corrected chi connectivity index (χ3v) is 3.30. The predicted molar refractivity (Wildman–Crippen MR) is 97.2 cm³/mol. The van der Waals surface area contributed by atoms with Crippen LogP contribution in [0.2, 0.25) is 0 Å². The molecule has 0 saturated heterocycles. The number of guanidine groups is 1. The Balaban J connectivity index is 0.00000361. The van der Waals surface area contributed by atoms with E-state index >= 15 is 0 Å². The smallest absolute Gasteiger partial charge is 0.216 e. The topological polar surface area (TPSA) is 62.5 Å². The third-order valence-electron chi connectivity index (χ3n) is 2.61.